The minimum atomic E-state index is -3.48. The van der Waals surface area contributed by atoms with Gasteiger partial charge in [0, 0.05) is 39.0 Å². The summed E-state index contributed by atoms with van der Waals surface area (Å²) in [5.74, 6) is 1.53. The van der Waals surface area contributed by atoms with Gasteiger partial charge in [-0.2, -0.15) is 5.10 Å². The SMILES string of the molecule is CC1CC(C)CN(CCCCNS(=O)(=O)c2cnn(C3CCOCC3)c2)C1. The van der Waals surface area contributed by atoms with Crippen LogP contribution in [0.1, 0.15) is 52.0 Å². The van der Waals surface area contributed by atoms with Gasteiger partial charge in [-0.05, 0) is 50.5 Å². The van der Waals surface area contributed by atoms with Crippen LogP contribution in [0.4, 0.5) is 0 Å². The summed E-state index contributed by atoms with van der Waals surface area (Å²) in [6.07, 6.45) is 8.04. The van der Waals surface area contributed by atoms with Gasteiger partial charge in [-0.3, -0.25) is 4.68 Å². The molecule has 27 heavy (non-hydrogen) atoms. The van der Waals surface area contributed by atoms with Crippen LogP contribution in [0.15, 0.2) is 17.3 Å². The largest absolute Gasteiger partial charge is 0.381 e. The fraction of sp³-hybridized carbons (Fsp3) is 0.842. The molecule has 0 bridgehead atoms. The summed E-state index contributed by atoms with van der Waals surface area (Å²) in [5, 5.41) is 4.26. The molecule has 2 fully saturated rings. The minimum Gasteiger partial charge on any atom is -0.381 e. The number of hydrogen-bond donors (Lipinski definition) is 1. The number of ether oxygens (including phenoxy) is 1. The molecule has 7 nitrogen and oxygen atoms in total. The number of piperidine rings is 1. The van der Waals surface area contributed by atoms with Crippen molar-refractivity contribution in [1.82, 2.24) is 19.4 Å². The molecule has 0 amide bonds. The number of nitrogens with one attached hydrogen (secondary N) is 1. The van der Waals surface area contributed by atoms with Crippen molar-refractivity contribution in [2.24, 2.45) is 11.8 Å². The first-order valence-corrected chi connectivity index (χ1v) is 11.8. The van der Waals surface area contributed by atoms with E-state index >= 15 is 0 Å². The first kappa shape index (κ1) is 20.8. The van der Waals surface area contributed by atoms with Gasteiger partial charge in [0.25, 0.3) is 0 Å². The van der Waals surface area contributed by atoms with Crippen molar-refractivity contribution in [3.63, 3.8) is 0 Å². The molecule has 2 saturated heterocycles. The van der Waals surface area contributed by atoms with Crippen LogP contribution < -0.4 is 4.72 Å². The average molecular weight is 399 g/mol. The predicted molar refractivity (Wildman–Crippen MR) is 105 cm³/mol. The normalized spacial score (nSPS) is 25.7. The summed E-state index contributed by atoms with van der Waals surface area (Å²) < 4.78 is 34.8. The van der Waals surface area contributed by atoms with Gasteiger partial charge in [0.05, 0.1) is 12.2 Å². The highest BCUT2D eigenvalue weighted by molar-refractivity contribution is 7.89. The molecule has 2 aliphatic heterocycles. The molecule has 3 rings (SSSR count). The number of hydrogen-bond acceptors (Lipinski definition) is 5. The number of aromatic nitrogens is 2. The van der Waals surface area contributed by atoms with E-state index in [4.69, 9.17) is 4.74 Å². The first-order chi connectivity index (χ1) is 12.9. The molecule has 0 aromatic carbocycles. The lowest BCUT2D eigenvalue weighted by atomic mass is 9.92. The van der Waals surface area contributed by atoms with Crippen molar-refractivity contribution in [3.8, 4) is 0 Å². The molecule has 0 aliphatic carbocycles. The van der Waals surface area contributed by atoms with E-state index in [0.29, 0.717) is 19.8 Å². The molecule has 2 atom stereocenters. The average Bonchev–Trinajstić information content (AvgIpc) is 3.12. The smallest absolute Gasteiger partial charge is 0.243 e. The second kappa shape index (κ2) is 9.49. The maximum Gasteiger partial charge on any atom is 0.243 e. The van der Waals surface area contributed by atoms with E-state index in [1.165, 1.54) is 25.7 Å². The van der Waals surface area contributed by atoms with Crippen molar-refractivity contribution in [1.29, 1.82) is 0 Å². The zero-order valence-corrected chi connectivity index (χ0v) is 17.5. The monoisotopic (exact) mass is 398 g/mol. The molecule has 1 aromatic heterocycles. The lowest BCUT2D eigenvalue weighted by molar-refractivity contribution is 0.0662. The Morgan fingerprint density at radius 1 is 1.19 bits per heavy atom. The summed E-state index contributed by atoms with van der Waals surface area (Å²) in [4.78, 5) is 2.78. The molecule has 0 radical (unpaired) electrons. The summed E-state index contributed by atoms with van der Waals surface area (Å²) >= 11 is 0. The molecule has 154 valence electrons. The number of rotatable bonds is 8. The summed E-state index contributed by atoms with van der Waals surface area (Å²) in [6.45, 7) is 9.91. The highest BCUT2D eigenvalue weighted by atomic mass is 32.2. The van der Waals surface area contributed by atoms with Crippen LogP contribution in [0.5, 0.6) is 0 Å². The second-order valence-corrected chi connectivity index (χ2v) is 10.1. The van der Waals surface area contributed by atoms with E-state index in [1.54, 1.807) is 10.9 Å². The highest BCUT2D eigenvalue weighted by Gasteiger charge is 2.22. The van der Waals surface area contributed by atoms with Crippen LogP contribution in [-0.4, -0.2) is 62.5 Å². The van der Waals surface area contributed by atoms with Crippen molar-refractivity contribution >= 4 is 10.0 Å². The Bertz CT molecular complexity index is 675. The van der Waals surface area contributed by atoms with Crippen LogP contribution >= 0.6 is 0 Å². The molecule has 1 N–H and O–H groups in total. The Balaban J connectivity index is 1.40. The van der Waals surface area contributed by atoms with E-state index < -0.39 is 10.0 Å². The lowest BCUT2D eigenvalue weighted by Crippen LogP contribution is -2.39. The van der Waals surface area contributed by atoms with Crippen molar-refractivity contribution in [2.45, 2.75) is 56.9 Å². The second-order valence-electron chi connectivity index (χ2n) is 8.31. The minimum absolute atomic E-state index is 0.233. The van der Waals surface area contributed by atoms with E-state index in [1.807, 2.05) is 0 Å². The van der Waals surface area contributed by atoms with Crippen LogP contribution in [-0.2, 0) is 14.8 Å². The fourth-order valence-electron chi connectivity index (χ4n) is 4.33. The third-order valence-electron chi connectivity index (χ3n) is 5.59. The number of sulfonamides is 1. The van der Waals surface area contributed by atoms with Gasteiger partial charge in [-0.1, -0.05) is 13.8 Å². The fourth-order valence-corrected chi connectivity index (χ4v) is 5.35. The van der Waals surface area contributed by atoms with E-state index in [2.05, 4.69) is 28.6 Å². The Kier molecular flexibility index (Phi) is 7.30. The van der Waals surface area contributed by atoms with Crippen LogP contribution in [0, 0.1) is 11.8 Å². The number of likely N-dealkylation sites (tertiary alicyclic amines) is 1. The van der Waals surface area contributed by atoms with E-state index in [-0.39, 0.29) is 10.9 Å². The topological polar surface area (TPSA) is 76.5 Å². The van der Waals surface area contributed by atoms with Gasteiger partial charge >= 0.3 is 0 Å². The summed E-state index contributed by atoms with van der Waals surface area (Å²) in [7, 11) is -3.48. The molecule has 2 unspecified atom stereocenters. The van der Waals surface area contributed by atoms with Gasteiger partial charge in [0.1, 0.15) is 4.90 Å². The van der Waals surface area contributed by atoms with Crippen molar-refractivity contribution in [3.05, 3.63) is 12.4 Å². The zero-order chi connectivity index (χ0) is 19.3. The van der Waals surface area contributed by atoms with E-state index in [0.717, 1.165) is 44.1 Å². The van der Waals surface area contributed by atoms with Gasteiger partial charge in [-0.15, -0.1) is 0 Å². The van der Waals surface area contributed by atoms with Gasteiger partial charge in [0.15, 0.2) is 0 Å². The Morgan fingerprint density at radius 3 is 2.59 bits per heavy atom. The third kappa shape index (κ3) is 6.01. The molecule has 1 aromatic rings. The molecule has 8 heteroatoms. The molecule has 0 saturated carbocycles. The Hall–Kier alpha value is -0.960. The van der Waals surface area contributed by atoms with E-state index in [9.17, 15) is 8.42 Å². The molecular weight excluding hydrogens is 364 g/mol. The van der Waals surface area contributed by atoms with Gasteiger partial charge < -0.3 is 9.64 Å². The Labute approximate surface area is 163 Å². The van der Waals surface area contributed by atoms with Crippen LogP contribution in [0.2, 0.25) is 0 Å². The molecule has 3 heterocycles. The highest BCUT2D eigenvalue weighted by Crippen LogP contribution is 2.22. The Morgan fingerprint density at radius 2 is 1.89 bits per heavy atom. The lowest BCUT2D eigenvalue weighted by Gasteiger charge is -2.34. The number of unbranched alkanes of at least 4 members (excludes halogenated alkanes) is 1. The quantitative estimate of drug-likeness (QED) is 0.680. The first-order valence-electron chi connectivity index (χ1n) is 10.3. The van der Waals surface area contributed by atoms with Gasteiger partial charge in [-0.25, -0.2) is 13.1 Å². The maximum atomic E-state index is 12.5. The third-order valence-corrected chi connectivity index (χ3v) is 7.01. The predicted octanol–water partition coefficient (Wildman–Crippen LogP) is 2.27. The number of nitrogens with zero attached hydrogens (tertiary/aromatic N) is 3. The van der Waals surface area contributed by atoms with Crippen molar-refractivity contribution in [2.75, 3.05) is 39.4 Å². The molecule has 0 spiro atoms. The van der Waals surface area contributed by atoms with Crippen LogP contribution in [0.25, 0.3) is 0 Å². The summed E-state index contributed by atoms with van der Waals surface area (Å²) in [5.41, 5.74) is 0. The molecule has 2 aliphatic rings. The standard InChI is InChI=1S/C19H34N4O3S/c1-16-11-17(2)14-22(13-16)8-4-3-7-21-27(24,25)19-12-20-23(15-19)18-5-9-26-10-6-18/h12,15-18,21H,3-11,13-14H2,1-2H3. The maximum absolute atomic E-state index is 12.5. The van der Waals surface area contributed by atoms with Crippen molar-refractivity contribution < 1.29 is 13.2 Å². The molecular formula is C19H34N4O3S. The van der Waals surface area contributed by atoms with Crippen LogP contribution in [0.3, 0.4) is 0 Å². The zero-order valence-electron chi connectivity index (χ0n) is 16.6. The summed E-state index contributed by atoms with van der Waals surface area (Å²) in [6, 6.07) is 0.233. The van der Waals surface area contributed by atoms with Gasteiger partial charge in [0.2, 0.25) is 10.0 Å².